The lowest BCUT2D eigenvalue weighted by Gasteiger charge is -2.36. The number of para-hydroxylation sites is 1. The van der Waals surface area contributed by atoms with Crippen molar-refractivity contribution in [3.05, 3.63) is 57.8 Å². The maximum Gasteiger partial charge on any atom is 0.251 e. The summed E-state index contributed by atoms with van der Waals surface area (Å²) in [6, 6.07) is 10.2. The molecule has 5 nitrogen and oxygen atoms in total. The Kier molecular flexibility index (Phi) is 5.00. The molecule has 1 fully saturated rings. The Balaban J connectivity index is 1.64. The summed E-state index contributed by atoms with van der Waals surface area (Å²) in [6.45, 7) is 11.0. The fraction of sp³-hybridized carbons (Fsp3) is 0.474. The molecule has 1 aromatic carbocycles. The number of hydrogen-bond donors (Lipinski definition) is 1. The van der Waals surface area contributed by atoms with Gasteiger partial charge in [-0.1, -0.05) is 32.0 Å². The molecule has 1 aromatic heterocycles. The number of anilines is 1. The van der Waals surface area contributed by atoms with Gasteiger partial charge in [0.15, 0.2) is 0 Å². The zero-order valence-electron chi connectivity index (χ0n) is 14.7. The van der Waals surface area contributed by atoms with Gasteiger partial charge < -0.3 is 9.88 Å². The van der Waals surface area contributed by atoms with E-state index in [1.54, 1.807) is 6.07 Å². The second-order valence-corrected chi connectivity index (χ2v) is 6.83. The topological polar surface area (TPSA) is 52.2 Å². The highest BCUT2D eigenvalue weighted by molar-refractivity contribution is 5.53. The SMILES string of the molecule is Cc1ccccc1N1CCN(Cc2cc(=O)[nH]c(C(C)C)n2)CC1. The third kappa shape index (κ3) is 3.85. The number of nitrogens with zero attached hydrogens (tertiary/aromatic N) is 3. The van der Waals surface area contributed by atoms with E-state index in [1.165, 1.54) is 11.3 Å². The van der Waals surface area contributed by atoms with Gasteiger partial charge in [0.05, 0.1) is 5.69 Å². The van der Waals surface area contributed by atoms with Crippen molar-refractivity contribution in [2.75, 3.05) is 31.1 Å². The number of nitrogens with one attached hydrogen (secondary N) is 1. The molecule has 1 aliphatic heterocycles. The first-order chi connectivity index (χ1) is 11.5. The first-order valence-electron chi connectivity index (χ1n) is 8.66. The molecule has 24 heavy (non-hydrogen) atoms. The third-order valence-corrected chi connectivity index (χ3v) is 4.57. The van der Waals surface area contributed by atoms with Gasteiger partial charge in [0.1, 0.15) is 5.82 Å². The molecular weight excluding hydrogens is 300 g/mol. The fourth-order valence-corrected chi connectivity index (χ4v) is 3.18. The quantitative estimate of drug-likeness (QED) is 0.938. The van der Waals surface area contributed by atoms with Crippen molar-refractivity contribution in [1.82, 2.24) is 14.9 Å². The van der Waals surface area contributed by atoms with Gasteiger partial charge >= 0.3 is 0 Å². The number of H-pyrrole nitrogens is 1. The molecule has 2 heterocycles. The van der Waals surface area contributed by atoms with E-state index in [1.807, 2.05) is 13.8 Å². The summed E-state index contributed by atoms with van der Waals surface area (Å²) < 4.78 is 0. The number of piperazine rings is 1. The van der Waals surface area contributed by atoms with Crippen LogP contribution in [0.2, 0.25) is 0 Å². The standard InChI is InChI=1S/C19H26N4O/c1-14(2)19-20-16(12-18(24)21-19)13-22-8-10-23(11-9-22)17-7-5-4-6-15(17)3/h4-7,12,14H,8-11,13H2,1-3H3,(H,20,21,24). The number of hydrogen-bond acceptors (Lipinski definition) is 4. The molecule has 0 saturated carbocycles. The summed E-state index contributed by atoms with van der Waals surface area (Å²) >= 11 is 0. The molecule has 1 saturated heterocycles. The van der Waals surface area contributed by atoms with E-state index < -0.39 is 0 Å². The molecule has 128 valence electrons. The molecule has 1 N–H and O–H groups in total. The fourth-order valence-electron chi connectivity index (χ4n) is 3.18. The molecule has 0 amide bonds. The predicted octanol–water partition coefficient (Wildman–Crippen LogP) is 2.52. The Morgan fingerprint density at radius 3 is 2.54 bits per heavy atom. The van der Waals surface area contributed by atoms with Crippen LogP contribution in [0.1, 0.15) is 36.8 Å². The van der Waals surface area contributed by atoms with Crippen LogP contribution in [0.15, 0.2) is 35.1 Å². The van der Waals surface area contributed by atoms with Gasteiger partial charge in [-0.25, -0.2) is 4.98 Å². The van der Waals surface area contributed by atoms with Crippen molar-refractivity contribution in [3.63, 3.8) is 0 Å². The highest BCUT2D eigenvalue weighted by Gasteiger charge is 2.19. The van der Waals surface area contributed by atoms with Crippen LogP contribution in [-0.4, -0.2) is 41.0 Å². The monoisotopic (exact) mass is 326 g/mol. The minimum atomic E-state index is -0.0535. The van der Waals surface area contributed by atoms with E-state index in [-0.39, 0.29) is 11.5 Å². The molecule has 1 aliphatic rings. The zero-order valence-corrected chi connectivity index (χ0v) is 14.7. The smallest absolute Gasteiger partial charge is 0.251 e. The predicted molar refractivity (Wildman–Crippen MR) is 97.6 cm³/mol. The minimum absolute atomic E-state index is 0.0535. The first kappa shape index (κ1) is 16.7. The van der Waals surface area contributed by atoms with Gasteiger partial charge in [-0.15, -0.1) is 0 Å². The summed E-state index contributed by atoms with van der Waals surface area (Å²) in [6.07, 6.45) is 0. The van der Waals surface area contributed by atoms with E-state index in [2.05, 4.69) is 51.0 Å². The average molecular weight is 326 g/mol. The van der Waals surface area contributed by atoms with Crippen LogP contribution < -0.4 is 10.5 Å². The number of aromatic amines is 1. The van der Waals surface area contributed by atoms with E-state index in [9.17, 15) is 4.79 Å². The van der Waals surface area contributed by atoms with Gasteiger partial charge in [0.25, 0.3) is 5.56 Å². The van der Waals surface area contributed by atoms with Crippen molar-refractivity contribution < 1.29 is 0 Å². The number of aryl methyl sites for hydroxylation is 1. The molecule has 0 bridgehead atoms. The second-order valence-electron chi connectivity index (χ2n) is 6.83. The highest BCUT2D eigenvalue weighted by Crippen LogP contribution is 2.21. The van der Waals surface area contributed by atoms with Crippen LogP contribution in [0.5, 0.6) is 0 Å². The molecule has 5 heteroatoms. The number of aromatic nitrogens is 2. The summed E-state index contributed by atoms with van der Waals surface area (Å²) in [5.74, 6) is 1.01. The summed E-state index contributed by atoms with van der Waals surface area (Å²) in [7, 11) is 0. The van der Waals surface area contributed by atoms with Crippen LogP contribution in [0, 0.1) is 6.92 Å². The molecule has 3 rings (SSSR count). The number of benzene rings is 1. The molecule has 0 spiro atoms. The Labute approximate surface area is 143 Å². The molecule has 0 aliphatic carbocycles. The van der Waals surface area contributed by atoms with Gasteiger partial charge in [-0.05, 0) is 18.6 Å². The van der Waals surface area contributed by atoms with Gasteiger partial charge in [0.2, 0.25) is 0 Å². The molecule has 0 unspecified atom stereocenters. The van der Waals surface area contributed by atoms with Crippen molar-refractivity contribution in [3.8, 4) is 0 Å². The van der Waals surface area contributed by atoms with Crippen LogP contribution >= 0.6 is 0 Å². The normalized spacial score (nSPS) is 15.9. The van der Waals surface area contributed by atoms with E-state index in [0.29, 0.717) is 0 Å². The lowest BCUT2D eigenvalue weighted by Crippen LogP contribution is -2.46. The Morgan fingerprint density at radius 2 is 1.88 bits per heavy atom. The van der Waals surface area contributed by atoms with Crippen LogP contribution in [0.4, 0.5) is 5.69 Å². The van der Waals surface area contributed by atoms with Crippen molar-refractivity contribution in [2.45, 2.75) is 33.2 Å². The van der Waals surface area contributed by atoms with Crippen LogP contribution in [-0.2, 0) is 6.54 Å². The second kappa shape index (κ2) is 7.18. The van der Waals surface area contributed by atoms with Crippen molar-refractivity contribution >= 4 is 5.69 Å². The van der Waals surface area contributed by atoms with Crippen LogP contribution in [0.25, 0.3) is 0 Å². The summed E-state index contributed by atoms with van der Waals surface area (Å²) in [4.78, 5) is 24.1. The largest absolute Gasteiger partial charge is 0.369 e. The lowest BCUT2D eigenvalue weighted by molar-refractivity contribution is 0.246. The van der Waals surface area contributed by atoms with Crippen molar-refractivity contribution in [1.29, 1.82) is 0 Å². The number of rotatable bonds is 4. The Bertz CT molecular complexity index is 745. The molecule has 2 aromatic rings. The van der Waals surface area contributed by atoms with Gasteiger partial charge in [-0.2, -0.15) is 0 Å². The van der Waals surface area contributed by atoms with Gasteiger partial charge in [-0.3, -0.25) is 9.69 Å². The minimum Gasteiger partial charge on any atom is -0.369 e. The molecular formula is C19H26N4O. The van der Waals surface area contributed by atoms with E-state index in [0.717, 1.165) is 44.2 Å². The maximum atomic E-state index is 11.8. The first-order valence-corrected chi connectivity index (χ1v) is 8.66. The Hall–Kier alpha value is -2.14. The van der Waals surface area contributed by atoms with Crippen molar-refractivity contribution in [2.24, 2.45) is 0 Å². The van der Waals surface area contributed by atoms with E-state index >= 15 is 0 Å². The highest BCUT2D eigenvalue weighted by atomic mass is 16.1. The van der Waals surface area contributed by atoms with Crippen LogP contribution in [0.3, 0.4) is 0 Å². The van der Waals surface area contributed by atoms with E-state index in [4.69, 9.17) is 0 Å². The third-order valence-electron chi connectivity index (χ3n) is 4.57. The molecule has 0 atom stereocenters. The molecule has 0 radical (unpaired) electrons. The average Bonchev–Trinajstić information content (AvgIpc) is 2.55. The maximum absolute atomic E-state index is 11.8. The lowest BCUT2D eigenvalue weighted by atomic mass is 10.1. The van der Waals surface area contributed by atoms with Gasteiger partial charge in [0, 0.05) is 50.4 Å². The zero-order chi connectivity index (χ0) is 17.1. The summed E-state index contributed by atoms with van der Waals surface area (Å²) in [5.41, 5.74) is 3.46. The Morgan fingerprint density at radius 1 is 1.17 bits per heavy atom. The summed E-state index contributed by atoms with van der Waals surface area (Å²) in [5, 5.41) is 0.